The van der Waals surface area contributed by atoms with E-state index in [-0.39, 0.29) is 0 Å². The van der Waals surface area contributed by atoms with Gasteiger partial charge in [0, 0.05) is 19.2 Å². The quantitative estimate of drug-likeness (QED) is 0.894. The lowest BCUT2D eigenvalue weighted by Crippen LogP contribution is -2.33. The van der Waals surface area contributed by atoms with Crippen molar-refractivity contribution >= 4 is 0 Å². The van der Waals surface area contributed by atoms with Gasteiger partial charge >= 0.3 is 0 Å². The number of nitrogens with one attached hydrogen (secondary N) is 1. The average molecular weight is 273 g/mol. The van der Waals surface area contributed by atoms with E-state index in [1.165, 1.54) is 24.8 Å². The Morgan fingerprint density at radius 1 is 1.15 bits per heavy atom. The Bertz CT molecular complexity index is 445. The van der Waals surface area contributed by atoms with Crippen LogP contribution in [0.5, 0.6) is 0 Å². The molecular weight excluding hydrogens is 246 g/mol. The van der Waals surface area contributed by atoms with Crippen LogP contribution in [-0.4, -0.2) is 19.3 Å². The second-order valence-corrected chi connectivity index (χ2v) is 6.43. The Morgan fingerprint density at radius 3 is 2.75 bits per heavy atom. The van der Waals surface area contributed by atoms with E-state index >= 15 is 0 Å². The number of hydrogen-bond donors (Lipinski definition) is 1. The van der Waals surface area contributed by atoms with Crippen molar-refractivity contribution in [3.63, 3.8) is 0 Å². The fourth-order valence-corrected chi connectivity index (χ4v) is 3.89. The van der Waals surface area contributed by atoms with Crippen LogP contribution in [0.3, 0.4) is 0 Å². The molecule has 2 aliphatic rings. The molecule has 0 bridgehead atoms. The molecule has 2 nitrogen and oxygen atoms in total. The first kappa shape index (κ1) is 14.1. The van der Waals surface area contributed by atoms with Gasteiger partial charge in [-0.25, -0.2) is 0 Å². The van der Waals surface area contributed by atoms with E-state index in [1.54, 1.807) is 5.56 Å². The summed E-state index contributed by atoms with van der Waals surface area (Å²) in [5, 5.41) is 3.82. The molecule has 20 heavy (non-hydrogen) atoms. The molecule has 1 aliphatic carbocycles. The van der Waals surface area contributed by atoms with E-state index in [0.29, 0.717) is 24.0 Å². The summed E-state index contributed by atoms with van der Waals surface area (Å²) in [6.45, 7) is 6.64. The Hall–Kier alpha value is -0.860. The van der Waals surface area contributed by atoms with Gasteiger partial charge in [-0.2, -0.15) is 0 Å². The molecule has 1 aromatic carbocycles. The van der Waals surface area contributed by atoms with Gasteiger partial charge in [-0.3, -0.25) is 0 Å². The van der Waals surface area contributed by atoms with Crippen molar-refractivity contribution in [1.29, 1.82) is 0 Å². The van der Waals surface area contributed by atoms with Crippen LogP contribution < -0.4 is 5.32 Å². The standard InChI is InChI=1S/C18H27NO/c1-3-18-14(10-11-20-18)12-19-17-9-8-13(2)15-6-4-5-7-16(15)17/h4-7,13-14,17-19H,3,8-12H2,1-2H3. The third-order valence-corrected chi connectivity index (χ3v) is 5.17. The zero-order valence-electron chi connectivity index (χ0n) is 12.8. The van der Waals surface area contributed by atoms with Crippen LogP contribution in [0.2, 0.25) is 0 Å². The Kier molecular flexibility index (Phi) is 4.42. The summed E-state index contributed by atoms with van der Waals surface area (Å²) >= 11 is 0. The average Bonchev–Trinajstić information content (AvgIpc) is 2.94. The van der Waals surface area contributed by atoms with E-state index in [4.69, 9.17) is 4.74 Å². The lowest BCUT2D eigenvalue weighted by atomic mass is 9.81. The van der Waals surface area contributed by atoms with Crippen molar-refractivity contribution in [2.24, 2.45) is 5.92 Å². The van der Waals surface area contributed by atoms with Crippen LogP contribution >= 0.6 is 0 Å². The molecule has 0 saturated carbocycles. The SMILES string of the molecule is CCC1OCCC1CNC1CCC(C)c2ccccc21. The fourth-order valence-electron chi connectivity index (χ4n) is 3.89. The number of rotatable bonds is 4. The van der Waals surface area contributed by atoms with Gasteiger partial charge in [-0.15, -0.1) is 0 Å². The summed E-state index contributed by atoms with van der Waals surface area (Å²) in [7, 11) is 0. The van der Waals surface area contributed by atoms with Crippen LogP contribution in [0, 0.1) is 5.92 Å². The predicted molar refractivity (Wildman–Crippen MR) is 83.0 cm³/mol. The number of benzene rings is 1. The lowest BCUT2D eigenvalue weighted by Gasteiger charge is -2.31. The predicted octanol–water partition coefficient (Wildman–Crippen LogP) is 4.03. The first-order chi connectivity index (χ1) is 9.79. The molecule has 1 heterocycles. The maximum Gasteiger partial charge on any atom is 0.0613 e. The van der Waals surface area contributed by atoms with Crippen molar-refractivity contribution in [2.45, 2.75) is 57.6 Å². The molecule has 1 aromatic rings. The summed E-state index contributed by atoms with van der Waals surface area (Å²) < 4.78 is 5.80. The van der Waals surface area contributed by atoms with Gasteiger partial charge in [-0.1, -0.05) is 38.1 Å². The normalized spacial score (nSPS) is 33.1. The molecule has 1 fully saturated rings. The summed E-state index contributed by atoms with van der Waals surface area (Å²) in [5.41, 5.74) is 3.07. The smallest absolute Gasteiger partial charge is 0.0613 e. The highest BCUT2D eigenvalue weighted by Gasteiger charge is 2.29. The van der Waals surface area contributed by atoms with Crippen LogP contribution in [-0.2, 0) is 4.74 Å². The largest absolute Gasteiger partial charge is 0.378 e. The van der Waals surface area contributed by atoms with Crippen molar-refractivity contribution in [1.82, 2.24) is 5.32 Å². The Morgan fingerprint density at radius 2 is 1.95 bits per heavy atom. The van der Waals surface area contributed by atoms with Gasteiger partial charge in [0.25, 0.3) is 0 Å². The zero-order valence-corrected chi connectivity index (χ0v) is 12.8. The van der Waals surface area contributed by atoms with E-state index in [2.05, 4.69) is 43.4 Å². The second kappa shape index (κ2) is 6.28. The molecule has 4 unspecified atom stereocenters. The van der Waals surface area contributed by atoms with Crippen LogP contribution in [0.1, 0.15) is 62.6 Å². The van der Waals surface area contributed by atoms with Crippen molar-refractivity contribution < 1.29 is 4.74 Å². The lowest BCUT2D eigenvalue weighted by molar-refractivity contribution is 0.0864. The summed E-state index contributed by atoms with van der Waals surface area (Å²) in [4.78, 5) is 0. The highest BCUT2D eigenvalue weighted by Crippen LogP contribution is 2.37. The molecule has 110 valence electrons. The molecule has 2 heteroatoms. The minimum atomic E-state index is 0.472. The maximum absolute atomic E-state index is 5.80. The first-order valence-corrected chi connectivity index (χ1v) is 8.23. The third-order valence-electron chi connectivity index (χ3n) is 5.17. The summed E-state index contributed by atoms with van der Waals surface area (Å²) in [6, 6.07) is 9.52. The van der Waals surface area contributed by atoms with Gasteiger partial charge in [0.05, 0.1) is 6.10 Å². The van der Waals surface area contributed by atoms with Crippen LogP contribution in [0.15, 0.2) is 24.3 Å². The zero-order chi connectivity index (χ0) is 13.9. The highest BCUT2D eigenvalue weighted by molar-refractivity contribution is 5.34. The monoisotopic (exact) mass is 273 g/mol. The molecule has 1 saturated heterocycles. The van der Waals surface area contributed by atoms with Crippen molar-refractivity contribution in [3.05, 3.63) is 35.4 Å². The fraction of sp³-hybridized carbons (Fsp3) is 0.667. The highest BCUT2D eigenvalue weighted by atomic mass is 16.5. The molecule has 4 atom stereocenters. The Labute approximate surface area is 122 Å². The van der Waals surface area contributed by atoms with Gasteiger partial charge in [0.1, 0.15) is 0 Å². The molecule has 0 aromatic heterocycles. The van der Waals surface area contributed by atoms with Gasteiger partial charge in [0.2, 0.25) is 0 Å². The van der Waals surface area contributed by atoms with Gasteiger partial charge in [-0.05, 0) is 48.6 Å². The number of hydrogen-bond acceptors (Lipinski definition) is 2. The molecule has 0 radical (unpaired) electrons. The van der Waals surface area contributed by atoms with Gasteiger partial charge in [0.15, 0.2) is 0 Å². The molecule has 1 N–H and O–H groups in total. The van der Waals surface area contributed by atoms with Crippen LogP contribution in [0.4, 0.5) is 0 Å². The topological polar surface area (TPSA) is 21.3 Å². The van der Waals surface area contributed by atoms with E-state index < -0.39 is 0 Å². The second-order valence-electron chi connectivity index (χ2n) is 6.43. The molecule has 3 rings (SSSR count). The van der Waals surface area contributed by atoms with Crippen LogP contribution in [0.25, 0.3) is 0 Å². The third kappa shape index (κ3) is 2.77. The van der Waals surface area contributed by atoms with E-state index in [9.17, 15) is 0 Å². The maximum atomic E-state index is 5.80. The minimum Gasteiger partial charge on any atom is -0.378 e. The number of ether oxygens (including phenoxy) is 1. The molecule has 0 spiro atoms. The van der Waals surface area contributed by atoms with E-state index in [1.807, 2.05) is 0 Å². The number of fused-ring (bicyclic) bond motifs is 1. The Balaban J connectivity index is 1.65. The minimum absolute atomic E-state index is 0.472. The van der Waals surface area contributed by atoms with E-state index in [0.717, 1.165) is 19.6 Å². The molecule has 0 amide bonds. The van der Waals surface area contributed by atoms with Gasteiger partial charge < -0.3 is 10.1 Å². The summed E-state index contributed by atoms with van der Waals surface area (Å²) in [5.74, 6) is 1.41. The summed E-state index contributed by atoms with van der Waals surface area (Å²) in [6.07, 6.45) is 5.40. The molecular formula is C18H27NO. The van der Waals surface area contributed by atoms with Crippen molar-refractivity contribution in [2.75, 3.05) is 13.2 Å². The van der Waals surface area contributed by atoms with Crippen molar-refractivity contribution in [3.8, 4) is 0 Å². The molecule has 1 aliphatic heterocycles. The first-order valence-electron chi connectivity index (χ1n) is 8.23.